The van der Waals surface area contributed by atoms with Crippen LogP contribution in [0.2, 0.25) is 0 Å². The van der Waals surface area contributed by atoms with Crippen molar-refractivity contribution in [3.63, 3.8) is 0 Å². The summed E-state index contributed by atoms with van der Waals surface area (Å²) in [4.78, 5) is 31.8. The first-order chi connectivity index (χ1) is 14.1. The van der Waals surface area contributed by atoms with Gasteiger partial charge in [0.05, 0.1) is 12.2 Å². The summed E-state index contributed by atoms with van der Waals surface area (Å²) in [6.07, 6.45) is 4.39. The summed E-state index contributed by atoms with van der Waals surface area (Å²) in [5.41, 5.74) is 8.48. The number of hydrogen-bond acceptors (Lipinski definition) is 7. The molecule has 1 unspecified atom stereocenters. The second-order valence-electron chi connectivity index (χ2n) is 7.97. The number of allylic oxidation sites excluding steroid dienone is 1. The van der Waals surface area contributed by atoms with Crippen LogP contribution in [0.1, 0.15) is 38.3 Å². The van der Waals surface area contributed by atoms with E-state index in [1.165, 1.54) is 0 Å². The number of carbonyl (C=O) groups is 2. The molecule has 0 saturated carbocycles. The van der Waals surface area contributed by atoms with Crippen molar-refractivity contribution in [2.75, 3.05) is 6.54 Å². The van der Waals surface area contributed by atoms with Crippen molar-refractivity contribution < 1.29 is 19.4 Å². The second kappa shape index (κ2) is 8.40. The molecule has 0 aliphatic carbocycles. The van der Waals surface area contributed by atoms with Gasteiger partial charge >= 0.3 is 12.1 Å². The SMILES string of the molecule is CC(C)(C)OC(=O)NCC1N=CC(c2ccc3c(c2)N=C(N)CC(C(=O)O)=C3)=CN1. The molecule has 2 aliphatic heterocycles. The van der Waals surface area contributed by atoms with Crippen LogP contribution in [0.15, 0.2) is 40.0 Å². The van der Waals surface area contributed by atoms with Gasteiger partial charge in [0.1, 0.15) is 17.6 Å². The average Bonchev–Trinajstić information content (AvgIpc) is 2.83. The molecule has 1 atom stereocenters. The molecule has 158 valence electrons. The number of nitrogens with one attached hydrogen (secondary N) is 2. The van der Waals surface area contributed by atoms with Gasteiger partial charge in [0.2, 0.25) is 0 Å². The Bertz CT molecular complexity index is 986. The zero-order valence-corrected chi connectivity index (χ0v) is 17.1. The van der Waals surface area contributed by atoms with Crippen molar-refractivity contribution in [3.05, 3.63) is 41.1 Å². The minimum Gasteiger partial charge on any atom is -0.478 e. The van der Waals surface area contributed by atoms with E-state index in [1.54, 1.807) is 45.3 Å². The van der Waals surface area contributed by atoms with Crippen LogP contribution in [-0.4, -0.2) is 47.5 Å². The zero-order chi connectivity index (χ0) is 21.9. The van der Waals surface area contributed by atoms with Crippen molar-refractivity contribution >= 4 is 41.4 Å². The summed E-state index contributed by atoms with van der Waals surface area (Å²) < 4.78 is 5.20. The van der Waals surface area contributed by atoms with Crippen LogP contribution in [0.5, 0.6) is 0 Å². The minimum absolute atomic E-state index is 0.0946. The number of amides is 1. The predicted molar refractivity (Wildman–Crippen MR) is 116 cm³/mol. The number of carboxylic acids is 1. The Kier molecular flexibility index (Phi) is 5.91. The summed E-state index contributed by atoms with van der Waals surface area (Å²) in [6, 6.07) is 5.51. The number of nitrogens with zero attached hydrogens (tertiary/aromatic N) is 2. The number of aliphatic imine (C=N–C) groups is 2. The topological polar surface area (TPSA) is 138 Å². The number of carbonyl (C=O) groups excluding carboxylic acids is 1. The number of rotatable bonds is 4. The third-order valence-electron chi connectivity index (χ3n) is 4.27. The lowest BCUT2D eigenvalue weighted by molar-refractivity contribution is -0.132. The van der Waals surface area contributed by atoms with Crippen LogP contribution in [-0.2, 0) is 9.53 Å². The van der Waals surface area contributed by atoms with E-state index in [-0.39, 0.29) is 30.5 Å². The molecule has 0 radical (unpaired) electrons. The normalized spacial score (nSPS) is 18.1. The van der Waals surface area contributed by atoms with Crippen LogP contribution < -0.4 is 16.4 Å². The van der Waals surface area contributed by atoms with Crippen LogP contribution >= 0.6 is 0 Å². The number of carboxylic acid groups (broad SMARTS) is 1. The number of nitrogens with two attached hydrogens (primary N) is 1. The fraction of sp³-hybridized carbons (Fsp3) is 0.333. The molecular formula is C21H25N5O4. The van der Waals surface area contributed by atoms with Gasteiger partial charge < -0.3 is 26.2 Å². The Labute approximate surface area is 174 Å². The number of hydrogen-bond donors (Lipinski definition) is 4. The lowest BCUT2D eigenvalue weighted by Crippen LogP contribution is -2.41. The van der Waals surface area contributed by atoms with Crippen molar-refractivity contribution in [1.82, 2.24) is 10.6 Å². The van der Waals surface area contributed by atoms with E-state index in [0.29, 0.717) is 11.3 Å². The van der Waals surface area contributed by atoms with Crippen LogP contribution in [0.4, 0.5) is 10.5 Å². The lowest BCUT2D eigenvalue weighted by atomic mass is 10.0. The molecule has 5 N–H and O–H groups in total. The van der Waals surface area contributed by atoms with Gasteiger partial charge in [-0.1, -0.05) is 12.1 Å². The summed E-state index contributed by atoms with van der Waals surface area (Å²) >= 11 is 0. The summed E-state index contributed by atoms with van der Waals surface area (Å²) in [6.45, 7) is 5.68. The molecule has 2 aliphatic rings. The molecule has 0 aromatic heterocycles. The number of aliphatic carboxylic acids is 1. The highest BCUT2D eigenvalue weighted by Gasteiger charge is 2.19. The van der Waals surface area contributed by atoms with Crippen molar-refractivity contribution in [1.29, 1.82) is 0 Å². The maximum absolute atomic E-state index is 11.8. The van der Waals surface area contributed by atoms with E-state index in [9.17, 15) is 14.7 Å². The lowest BCUT2D eigenvalue weighted by Gasteiger charge is -2.22. The zero-order valence-electron chi connectivity index (χ0n) is 17.1. The van der Waals surface area contributed by atoms with Gasteiger partial charge in [-0.2, -0.15) is 0 Å². The van der Waals surface area contributed by atoms with E-state index in [4.69, 9.17) is 10.5 Å². The standard InChI is InChI=1S/C21H25N5O4/c1-21(2,3)30-20(29)25-11-18-23-9-15(10-24-18)12-4-5-13-6-14(19(27)28)8-17(22)26-16(13)7-12/h4-7,9-10,18,23H,8,11H2,1-3H3,(H2,22,26)(H,25,29)(H,27,28). The quantitative estimate of drug-likeness (QED) is 0.600. The Balaban J connectivity index is 1.68. The molecule has 30 heavy (non-hydrogen) atoms. The van der Waals surface area contributed by atoms with Crippen molar-refractivity contribution in [2.24, 2.45) is 15.7 Å². The molecule has 1 aromatic rings. The average molecular weight is 411 g/mol. The molecular weight excluding hydrogens is 386 g/mol. The van der Waals surface area contributed by atoms with Crippen molar-refractivity contribution in [3.8, 4) is 0 Å². The number of fused-ring (bicyclic) bond motifs is 1. The van der Waals surface area contributed by atoms with Gasteiger partial charge in [-0.05, 0) is 38.5 Å². The molecule has 0 bridgehead atoms. The summed E-state index contributed by atoms with van der Waals surface area (Å²) in [5.74, 6) is -0.764. The largest absolute Gasteiger partial charge is 0.478 e. The van der Waals surface area contributed by atoms with Gasteiger partial charge in [0.25, 0.3) is 0 Å². The molecule has 3 rings (SSSR count). The second-order valence-corrected chi connectivity index (χ2v) is 7.97. The molecule has 0 spiro atoms. The summed E-state index contributed by atoms with van der Waals surface area (Å²) in [7, 11) is 0. The highest BCUT2D eigenvalue weighted by Crippen LogP contribution is 2.30. The molecule has 0 saturated heterocycles. The van der Waals surface area contributed by atoms with Gasteiger partial charge in [0.15, 0.2) is 0 Å². The van der Waals surface area contributed by atoms with E-state index in [2.05, 4.69) is 20.6 Å². The minimum atomic E-state index is -1.01. The van der Waals surface area contributed by atoms with Crippen LogP contribution in [0.3, 0.4) is 0 Å². The van der Waals surface area contributed by atoms with E-state index >= 15 is 0 Å². The van der Waals surface area contributed by atoms with Gasteiger partial charge in [-0.3, -0.25) is 4.99 Å². The molecule has 1 amide bonds. The Hall–Kier alpha value is -3.62. The number of ether oxygens (including phenoxy) is 1. The highest BCUT2D eigenvalue weighted by molar-refractivity contribution is 6.11. The fourth-order valence-corrected chi connectivity index (χ4v) is 2.91. The molecule has 9 heteroatoms. The third-order valence-corrected chi connectivity index (χ3v) is 4.27. The van der Waals surface area contributed by atoms with Crippen LogP contribution in [0, 0.1) is 0 Å². The van der Waals surface area contributed by atoms with E-state index < -0.39 is 17.7 Å². The van der Waals surface area contributed by atoms with Gasteiger partial charge in [-0.15, -0.1) is 0 Å². The number of alkyl carbamates (subject to hydrolysis) is 1. The number of benzene rings is 1. The predicted octanol–water partition coefficient (Wildman–Crippen LogP) is 2.41. The maximum Gasteiger partial charge on any atom is 0.407 e. The van der Waals surface area contributed by atoms with Crippen molar-refractivity contribution in [2.45, 2.75) is 39.0 Å². The Morgan fingerprint density at radius 2 is 2.13 bits per heavy atom. The Morgan fingerprint density at radius 1 is 1.37 bits per heavy atom. The van der Waals surface area contributed by atoms with E-state index in [1.807, 2.05) is 12.1 Å². The monoisotopic (exact) mass is 411 g/mol. The van der Waals surface area contributed by atoms with Crippen LogP contribution in [0.25, 0.3) is 11.6 Å². The molecule has 2 heterocycles. The Morgan fingerprint density at radius 3 is 2.77 bits per heavy atom. The first-order valence-electron chi connectivity index (χ1n) is 9.48. The highest BCUT2D eigenvalue weighted by atomic mass is 16.6. The summed E-state index contributed by atoms with van der Waals surface area (Å²) in [5, 5.41) is 15.1. The first kappa shape index (κ1) is 21.1. The smallest absolute Gasteiger partial charge is 0.407 e. The fourth-order valence-electron chi connectivity index (χ4n) is 2.91. The number of amidine groups is 1. The third kappa shape index (κ3) is 5.47. The molecule has 1 aromatic carbocycles. The van der Waals surface area contributed by atoms with E-state index in [0.717, 1.165) is 11.1 Å². The van der Waals surface area contributed by atoms with Gasteiger partial charge in [-0.25, -0.2) is 14.6 Å². The molecule has 0 fully saturated rings. The maximum atomic E-state index is 11.8. The molecule has 9 nitrogen and oxygen atoms in total. The van der Waals surface area contributed by atoms with Gasteiger partial charge in [0, 0.05) is 35.5 Å². The first-order valence-corrected chi connectivity index (χ1v) is 9.48.